The second-order valence-corrected chi connectivity index (χ2v) is 6.03. The first-order chi connectivity index (χ1) is 8.55. The number of halogens is 1. The van der Waals surface area contributed by atoms with Crippen LogP contribution in [0, 0.1) is 0 Å². The maximum atomic E-state index is 11.0. The van der Waals surface area contributed by atoms with Gasteiger partial charge in [-0.2, -0.15) is 10.2 Å². The highest BCUT2D eigenvalue weighted by molar-refractivity contribution is 8.13. The lowest BCUT2D eigenvalue weighted by Gasteiger charge is -1.96. The Morgan fingerprint density at radius 2 is 1.28 bits per heavy atom. The van der Waals surface area contributed by atoms with Gasteiger partial charge in [0.05, 0.1) is 16.3 Å². The Kier molecular flexibility index (Phi) is 3.74. The highest BCUT2D eigenvalue weighted by Gasteiger charge is 2.08. The van der Waals surface area contributed by atoms with Gasteiger partial charge in [0.1, 0.15) is 0 Å². The minimum absolute atomic E-state index is 0.0443. The molecule has 0 radical (unpaired) electrons. The molecule has 0 aliphatic carbocycles. The summed E-state index contributed by atoms with van der Waals surface area (Å²) in [5.74, 6) is 0. The molecule has 0 aliphatic rings. The molecule has 0 saturated heterocycles. The maximum absolute atomic E-state index is 11.0. The van der Waals surface area contributed by atoms with Crippen LogP contribution < -0.4 is 0 Å². The normalized spacial score (nSPS) is 11.8. The molecule has 0 N–H and O–H groups in total. The van der Waals surface area contributed by atoms with E-state index >= 15 is 0 Å². The van der Waals surface area contributed by atoms with Crippen LogP contribution in [-0.4, -0.2) is 8.42 Å². The van der Waals surface area contributed by atoms with Gasteiger partial charge < -0.3 is 0 Å². The third-order valence-corrected chi connectivity index (χ3v) is 3.53. The first kappa shape index (κ1) is 12.7. The smallest absolute Gasteiger partial charge is 0.207 e. The molecule has 4 nitrogen and oxygen atoms in total. The maximum Gasteiger partial charge on any atom is 0.261 e. The molecular formula is C12H9ClN2O2S. The zero-order valence-electron chi connectivity index (χ0n) is 9.19. The predicted octanol–water partition coefficient (Wildman–Crippen LogP) is 4.03. The summed E-state index contributed by atoms with van der Waals surface area (Å²) in [5, 5.41) is 8.00. The summed E-state index contributed by atoms with van der Waals surface area (Å²) in [5.41, 5.74) is 1.29. The van der Waals surface area contributed by atoms with E-state index in [0.717, 1.165) is 5.69 Å². The van der Waals surface area contributed by atoms with Gasteiger partial charge in [0.25, 0.3) is 9.05 Å². The Hall–Kier alpha value is -1.72. The minimum Gasteiger partial charge on any atom is -0.207 e. The van der Waals surface area contributed by atoms with Crippen LogP contribution in [0.1, 0.15) is 0 Å². The van der Waals surface area contributed by atoms with Crippen LogP contribution >= 0.6 is 10.7 Å². The van der Waals surface area contributed by atoms with Gasteiger partial charge in [0.15, 0.2) is 0 Å². The topological polar surface area (TPSA) is 58.9 Å². The van der Waals surface area contributed by atoms with E-state index in [4.69, 9.17) is 10.7 Å². The van der Waals surface area contributed by atoms with E-state index in [1.807, 2.05) is 30.3 Å². The van der Waals surface area contributed by atoms with Gasteiger partial charge in [-0.15, -0.1) is 0 Å². The molecule has 2 rings (SSSR count). The average Bonchev–Trinajstić information content (AvgIpc) is 2.37. The number of benzene rings is 2. The van der Waals surface area contributed by atoms with E-state index in [-0.39, 0.29) is 4.90 Å². The second kappa shape index (κ2) is 5.29. The summed E-state index contributed by atoms with van der Waals surface area (Å²) in [6.07, 6.45) is 0. The lowest BCUT2D eigenvalue weighted by molar-refractivity contribution is 0.609. The Balaban J connectivity index is 2.19. The van der Waals surface area contributed by atoms with E-state index in [0.29, 0.717) is 5.69 Å². The molecule has 0 amide bonds. The number of nitrogens with zero attached hydrogens (tertiary/aromatic N) is 2. The lowest BCUT2D eigenvalue weighted by atomic mass is 10.3. The molecule has 0 saturated carbocycles. The summed E-state index contributed by atoms with van der Waals surface area (Å²) >= 11 is 0. The molecular weight excluding hydrogens is 272 g/mol. The number of hydrogen-bond donors (Lipinski definition) is 0. The SMILES string of the molecule is O=S(=O)(Cl)c1ccc(/N=N/c2ccccc2)cc1. The molecule has 0 spiro atoms. The zero-order valence-corrected chi connectivity index (χ0v) is 10.8. The van der Waals surface area contributed by atoms with Gasteiger partial charge in [0, 0.05) is 10.7 Å². The van der Waals surface area contributed by atoms with Gasteiger partial charge in [-0.05, 0) is 36.4 Å². The van der Waals surface area contributed by atoms with Crippen LogP contribution in [-0.2, 0) is 9.05 Å². The summed E-state index contributed by atoms with van der Waals surface area (Å²) in [4.78, 5) is 0.0443. The van der Waals surface area contributed by atoms with Gasteiger partial charge in [0.2, 0.25) is 0 Å². The molecule has 0 bridgehead atoms. The van der Waals surface area contributed by atoms with Gasteiger partial charge in [-0.25, -0.2) is 8.42 Å². The van der Waals surface area contributed by atoms with Crippen LogP contribution in [0.2, 0.25) is 0 Å². The molecule has 0 aromatic heterocycles. The first-order valence-corrected chi connectivity index (χ1v) is 7.38. The van der Waals surface area contributed by atoms with Crippen molar-refractivity contribution in [3.8, 4) is 0 Å². The number of azo groups is 1. The Morgan fingerprint density at radius 1 is 0.778 bits per heavy atom. The van der Waals surface area contributed by atoms with Gasteiger partial charge >= 0.3 is 0 Å². The van der Waals surface area contributed by atoms with Crippen molar-refractivity contribution in [2.75, 3.05) is 0 Å². The molecule has 2 aromatic carbocycles. The summed E-state index contributed by atoms with van der Waals surface area (Å²) in [6, 6.07) is 15.1. The molecule has 6 heteroatoms. The summed E-state index contributed by atoms with van der Waals surface area (Å²) in [6.45, 7) is 0. The van der Waals surface area contributed by atoms with Crippen LogP contribution in [0.25, 0.3) is 0 Å². The van der Waals surface area contributed by atoms with Crippen molar-refractivity contribution >= 4 is 31.1 Å². The van der Waals surface area contributed by atoms with E-state index in [9.17, 15) is 8.42 Å². The van der Waals surface area contributed by atoms with Crippen molar-refractivity contribution in [2.45, 2.75) is 4.90 Å². The first-order valence-electron chi connectivity index (χ1n) is 5.07. The largest absolute Gasteiger partial charge is 0.261 e. The fourth-order valence-electron chi connectivity index (χ4n) is 1.29. The van der Waals surface area contributed by atoms with Crippen LogP contribution in [0.4, 0.5) is 11.4 Å². The highest BCUT2D eigenvalue weighted by atomic mass is 35.7. The molecule has 0 unspecified atom stereocenters. The molecule has 0 aliphatic heterocycles. The summed E-state index contributed by atoms with van der Waals surface area (Å²) in [7, 11) is 1.52. The third-order valence-electron chi connectivity index (χ3n) is 2.16. The fourth-order valence-corrected chi connectivity index (χ4v) is 2.06. The van der Waals surface area contributed by atoms with Crippen molar-refractivity contribution in [3.63, 3.8) is 0 Å². The number of hydrogen-bond acceptors (Lipinski definition) is 4. The molecule has 0 atom stereocenters. The highest BCUT2D eigenvalue weighted by Crippen LogP contribution is 2.21. The van der Waals surface area contributed by atoms with Crippen molar-refractivity contribution < 1.29 is 8.42 Å². The molecule has 92 valence electrons. The minimum atomic E-state index is -3.69. The second-order valence-electron chi connectivity index (χ2n) is 3.47. The summed E-state index contributed by atoms with van der Waals surface area (Å²) < 4.78 is 22.1. The van der Waals surface area contributed by atoms with E-state index < -0.39 is 9.05 Å². The number of rotatable bonds is 3. The molecule has 18 heavy (non-hydrogen) atoms. The molecule has 0 fully saturated rings. The third kappa shape index (κ3) is 3.38. The quantitative estimate of drug-likeness (QED) is 0.629. The predicted molar refractivity (Wildman–Crippen MR) is 70.1 cm³/mol. The van der Waals surface area contributed by atoms with Crippen molar-refractivity contribution in [1.29, 1.82) is 0 Å². The standard InChI is InChI=1S/C12H9ClN2O2S/c13-18(16,17)12-8-6-11(7-9-12)15-14-10-4-2-1-3-5-10/h1-9H/b15-14+. The van der Waals surface area contributed by atoms with Gasteiger partial charge in [-0.3, -0.25) is 0 Å². The average molecular weight is 281 g/mol. The van der Waals surface area contributed by atoms with Crippen molar-refractivity contribution in [1.82, 2.24) is 0 Å². The fraction of sp³-hybridized carbons (Fsp3) is 0. The lowest BCUT2D eigenvalue weighted by Crippen LogP contribution is -1.88. The Bertz CT molecular complexity index is 652. The Morgan fingerprint density at radius 3 is 1.78 bits per heavy atom. The van der Waals surface area contributed by atoms with Crippen LogP contribution in [0.5, 0.6) is 0 Å². The van der Waals surface area contributed by atoms with Crippen LogP contribution in [0.3, 0.4) is 0 Å². The van der Waals surface area contributed by atoms with Crippen LogP contribution in [0.15, 0.2) is 69.7 Å². The van der Waals surface area contributed by atoms with E-state index in [1.165, 1.54) is 12.1 Å². The molecule has 2 aromatic rings. The van der Waals surface area contributed by atoms with Crippen molar-refractivity contribution in [3.05, 3.63) is 54.6 Å². The van der Waals surface area contributed by atoms with E-state index in [1.54, 1.807) is 12.1 Å². The Labute approximate surface area is 109 Å². The zero-order chi connectivity index (χ0) is 13.0. The van der Waals surface area contributed by atoms with Gasteiger partial charge in [-0.1, -0.05) is 18.2 Å². The van der Waals surface area contributed by atoms with Crippen molar-refractivity contribution in [2.24, 2.45) is 10.2 Å². The molecule has 0 heterocycles. The van der Waals surface area contributed by atoms with E-state index in [2.05, 4.69) is 10.2 Å². The monoisotopic (exact) mass is 280 g/mol.